The number of benzene rings is 1. The average molecular weight is 247 g/mol. The normalized spacial score (nSPS) is 13.9. The van der Waals surface area contributed by atoms with Crippen LogP contribution in [-0.4, -0.2) is 5.38 Å². The van der Waals surface area contributed by atoms with E-state index < -0.39 is 11.6 Å². The molecule has 0 bridgehead atoms. The van der Waals surface area contributed by atoms with Crippen molar-refractivity contribution in [1.82, 2.24) is 0 Å². The van der Waals surface area contributed by atoms with Crippen molar-refractivity contribution >= 4 is 11.6 Å². The molecule has 0 amide bonds. The topological polar surface area (TPSA) is 0 Å². The van der Waals surface area contributed by atoms with Crippen LogP contribution in [0.2, 0.25) is 0 Å². The number of halogens is 3. The minimum atomic E-state index is -0.542. The van der Waals surface area contributed by atoms with Gasteiger partial charge in [-0.2, -0.15) is 0 Å². The summed E-state index contributed by atoms with van der Waals surface area (Å²) < 4.78 is 26.0. The summed E-state index contributed by atoms with van der Waals surface area (Å²) in [6.07, 6.45) is 1.23. The molecule has 1 rings (SSSR count). The van der Waals surface area contributed by atoms with E-state index in [9.17, 15) is 8.78 Å². The van der Waals surface area contributed by atoms with Crippen molar-refractivity contribution in [1.29, 1.82) is 0 Å². The minimum absolute atomic E-state index is 0.00192. The summed E-state index contributed by atoms with van der Waals surface area (Å²) in [5, 5.41) is -0.0167. The number of hydrogen-bond acceptors (Lipinski definition) is 0. The van der Waals surface area contributed by atoms with E-state index in [2.05, 4.69) is 0 Å². The van der Waals surface area contributed by atoms with E-state index >= 15 is 0 Å². The van der Waals surface area contributed by atoms with Gasteiger partial charge in [0.2, 0.25) is 0 Å². The number of rotatable bonds is 3. The first kappa shape index (κ1) is 13.4. The zero-order chi connectivity index (χ0) is 12.3. The Hall–Kier alpha value is -0.630. The first-order chi connectivity index (χ1) is 7.30. The van der Waals surface area contributed by atoms with Crippen LogP contribution in [0.15, 0.2) is 18.2 Å². The van der Waals surface area contributed by atoms with Gasteiger partial charge in [-0.3, -0.25) is 0 Å². The molecule has 0 fully saturated rings. The largest absolute Gasteiger partial charge is 0.207 e. The van der Waals surface area contributed by atoms with Crippen molar-refractivity contribution in [2.45, 2.75) is 39.0 Å². The molecule has 0 saturated carbocycles. The van der Waals surface area contributed by atoms with Gasteiger partial charge < -0.3 is 0 Å². The lowest BCUT2D eigenvalue weighted by Crippen LogP contribution is -2.21. The fourth-order valence-corrected chi connectivity index (χ4v) is 1.55. The summed E-state index contributed by atoms with van der Waals surface area (Å²) in [5.41, 5.74) is 0.522. The van der Waals surface area contributed by atoms with Gasteiger partial charge in [-0.15, -0.1) is 11.6 Å². The lowest BCUT2D eigenvalue weighted by atomic mass is 9.88. The molecule has 0 aliphatic rings. The van der Waals surface area contributed by atoms with E-state index in [1.807, 2.05) is 20.8 Å². The summed E-state index contributed by atoms with van der Waals surface area (Å²) in [4.78, 5) is 0. The molecule has 1 aromatic carbocycles. The van der Waals surface area contributed by atoms with Crippen LogP contribution >= 0.6 is 11.6 Å². The van der Waals surface area contributed by atoms with Crippen molar-refractivity contribution in [3.05, 3.63) is 35.4 Å². The molecule has 90 valence electrons. The molecule has 1 atom stereocenters. The highest BCUT2D eigenvalue weighted by Crippen LogP contribution is 2.28. The predicted octanol–water partition coefficient (Wildman–Crippen LogP) is 4.55. The Labute approximate surface area is 101 Å². The fraction of sp³-hybridized carbons (Fsp3) is 0.538. The maximum Gasteiger partial charge on any atom is 0.129 e. The maximum absolute atomic E-state index is 13.3. The molecular weight excluding hydrogens is 230 g/mol. The van der Waals surface area contributed by atoms with Crippen molar-refractivity contribution in [2.75, 3.05) is 0 Å². The summed E-state index contributed by atoms with van der Waals surface area (Å²) in [6.45, 7) is 6.14. The van der Waals surface area contributed by atoms with Gasteiger partial charge in [0.25, 0.3) is 0 Å². The molecule has 0 radical (unpaired) electrons. The van der Waals surface area contributed by atoms with E-state index in [1.165, 1.54) is 12.1 Å². The highest BCUT2D eigenvalue weighted by atomic mass is 35.5. The third-order valence-corrected chi connectivity index (χ3v) is 3.49. The van der Waals surface area contributed by atoms with Crippen LogP contribution in [-0.2, 0) is 6.42 Å². The second kappa shape index (κ2) is 5.13. The third kappa shape index (κ3) is 3.75. The molecule has 0 nitrogen and oxygen atoms in total. The Morgan fingerprint density at radius 1 is 1.25 bits per heavy atom. The van der Waals surface area contributed by atoms with E-state index in [0.717, 1.165) is 6.07 Å². The number of alkyl halides is 1. The maximum atomic E-state index is 13.3. The molecule has 3 heteroatoms. The summed E-state index contributed by atoms with van der Waals surface area (Å²) in [5.74, 6) is -1.03. The lowest BCUT2D eigenvalue weighted by molar-refractivity contribution is 0.373. The van der Waals surface area contributed by atoms with Gasteiger partial charge >= 0.3 is 0 Å². The molecule has 16 heavy (non-hydrogen) atoms. The Kier molecular flexibility index (Phi) is 4.31. The Morgan fingerprint density at radius 3 is 2.38 bits per heavy atom. The van der Waals surface area contributed by atoms with Gasteiger partial charge in [-0.25, -0.2) is 8.78 Å². The number of hydrogen-bond donors (Lipinski definition) is 0. The van der Waals surface area contributed by atoms with E-state index in [-0.39, 0.29) is 10.8 Å². The van der Waals surface area contributed by atoms with E-state index in [4.69, 9.17) is 11.6 Å². The number of aryl methyl sites for hydroxylation is 1. The fourth-order valence-electron chi connectivity index (χ4n) is 1.44. The van der Waals surface area contributed by atoms with Crippen LogP contribution in [0.5, 0.6) is 0 Å². The van der Waals surface area contributed by atoms with Crippen LogP contribution < -0.4 is 0 Å². The second-order valence-corrected chi connectivity index (χ2v) is 5.63. The van der Waals surface area contributed by atoms with Crippen LogP contribution in [0.1, 0.15) is 32.8 Å². The van der Waals surface area contributed by atoms with Gasteiger partial charge in [-0.05, 0) is 29.9 Å². The van der Waals surface area contributed by atoms with E-state index in [1.54, 1.807) is 0 Å². The zero-order valence-corrected chi connectivity index (χ0v) is 10.6. The molecule has 0 aliphatic carbocycles. The molecule has 1 unspecified atom stereocenters. The first-order valence-corrected chi connectivity index (χ1v) is 5.82. The highest BCUT2D eigenvalue weighted by molar-refractivity contribution is 6.21. The first-order valence-electron chi connectivity index (χ1n) is 5.38. The Balaban J connectivity index is 2.62. The monoisotopic (exact) mass is 246 g/mol. The van der Waals surface area contributed by atoms with Crippen molar-refractivity contribution < 1.29 is 8.78 Å². The molecule has 0 aliphatic heterocycles. The van der Waals surface area contributed by atoms with Gasteiger partial charge in [0.05, 0.1) is 0 Å². The Bertz CT molecular complexity index is 355. The Morgan fingerprint density at radius 2 is 1.88 bits per heavy atom. The molecular formula is C13H17ClF2. The molecule has 0 spiro atoms. The van der Waals surface area contributed by atoms with Crippen molar-refractivity contribution in [3.8, 4) is 0 Å². The van der Waals surface area contributed by atoms with Gasteiger partial charge in [0.15, 0.2) is 0 Å². The van der Waals surface area contributed by atoms with Gasteiger partial charge in [0, 0.05) is 11.4 Å². The van der Waals surface area contributed by atoms with Crippen molar-refractivity contribution in [3.63, 3.8) is 0 Å². The highest BCUT2D eigenvalue weighted by Gasteiger charge is 2.22. The average Bonchev–Trinajstić information content (AvgIpc) is 2.14. The standard InChI is InChI=1S/C13H17ClF2/c1-13(2,3)12(14)7-5-9-4-6-10(15)8-11(9)16/h4,6,8,12H,5,7H2,1-3H3. The van der Waals surface area contributed by atoms with Crippen LogP contribution in [0.25, 0.3) is 0 Å². The summed E-state index contributed by atoms with van der Waals surface area (Å²) >= 11 is 6.19. The minimum Gasteiger partial charge on any atom is -0.207 e. The van der Waals surface area contributed by atoms with Crippen molar-refractivity contribution in [2.24, 2.45) is 5.41 Å². The molecule has 0 aromatic heterocycles. The van der Waals surface area contributed by atoms with Crippen LogP contribution in [0.3, 0.4) is 0 Å². The lowest BCUT2D eigenvalue weighted by Gasteiger charge is -2.25. The summed E-state index contributed by atoms with van der Waals surface area (Å²) in [7, 11) is 0. The summed E-state index contributed by atoms with van der Waals surface area (Å²) in [6, 6.07) is 3.67. The smallest absolute Gasteiger partial charge is 0.129 e. The second-order valence-electron chi connectivity index (χ2n) is 5.11. The SMILES string of the molecule is CC(C)(C)C(Cl)CCc1ccc(F)cc1F. The van der Waals surface area contributed by atoms with Gasteiger partial charge in [-0.1, -0.05) is 26.8 Å². The molecule has 0 saturated heterocycles. The quantitative estimate of drug-likeness (QED) is 0.687. The van der Waals surface area contributed by atoms with Crippen LogP contribution in [0, 0.1) is 17.0 Å². The zero-order valence-electron chi connectivity index (χ0n) is 9.86. The van der Waals surface area contributed by atoms with Crippen LogP contribution in [0.4, 0.5) is 8.78 Å². The molecule has 0 N–H and O–H groups in total. The third-order valence-electron chi connectivity index (χ3n) is 2.62. The van der Waals surface area contributed by atoms with Gasteiger partial charge in [0.1, 0.15) is 11.6 Å². The predicted molar refractivity (Wildman–Crippen MR) is 63.8 cm³/mol. The van der Waals surface area contributed by atoms with E-state index in [0.29, 0.717) is 18.4 Å². The molecule has 1 aromatic rings. The molecule has 0 heterocycles.